The van der Waals surface area contributed by atoms with E-state index >= 15 is 0 Å². The summed E-state index contributed by atoms with van der Waals surface area (Å²) in [4.78, 5) is 4.71. The van der Waals surface area contributed by atoms with Gasteiger partial charge in [0.2, 0.25) is 0 Å². The summed E-state index contributed by atoms with van der Waals surface area (Å²) in [7, 11) is 0. The first-order valence-electron chi connectivity index (χ1n) is 5.94. The lowest BCUT2D eigenvalue weighted by molar-refractivity contribution is 0.591. The molecule has 0 fully saturated rings. The van der Waals surface area contributed by atoms with Crippen LogP contribution in [0.25, 0.3) is 10.2 Å². The molecule has 1 heterocycles. The third-order valence-corrected chi connectivity index (χ3v) is 4.70. The van der Waals surface area contributed by atoms with Crippen molar-refractivity contribution in [2.24, 2.45) is 0 Å². The van der Waals surface area contributed by atoms with E-state index in [1.807, 2.05) is 11.8 Å². The number of fused-ring (bicyclic) bond motifs is 1. The molecule has 2 rings (SSSR count). The Kier molecular flexibility index (Phi) is 3.50. The van der Waals surface area contributed by atoms with Crippen molar-refractivity contribution in [3.05, 3.63) is 23.8 Å². The molecule has 0 saturated carbocycles. The number of rotatable bonds is 2. The van der Waals surface area contributed by atoms with Gasteiger partial charge in [-0.3, -0.25) is 0 Å². The van der Waals surface area contributed by atoms with Gasteiger partial charge in [0.25, 0.3) is 0 Å². The molecule has 92 valence electrons. The van der Waals surface area contributed by atoms with Gasteiger partial charge in [0.05, 0.1) is 10.2 Å². The number of aromatic nitrogens is 1. The highest BCUT2D eigenvalue weighted by Crippen LogP contribution is 2.34. The van der Waals surface area contributed by atoms with Crippen LogP contribution in [0.4, 0.5) is 0 Å². The Morgan fingerprint density at radius 3 is 2.53 bits per heavy atom. The van der Waals surface area contributed by atoms with E-state index < -0.39 is 0 Å². The van der Waals surface area contributed by atoms with Gasteiger partial charge in [0.1, 0.15) is 0 Å². The Balaban J connectivity index is 2.41. The summed E-state index contributed by atoms with van der Waals surface area (Å²) in [5.74, 6) is 0. The Labute approximate surface area is 112 Å². The first-order chi connectivity index (χ1) is 7.86. The average molecular weight is 265 g/mol. The van der Waals surface area contributed by atoms with Gasteiger partial charge in [-0.15, -0.1) is 11.3 Å². The maximum absolute atomic E-state index is 4.71. The van der Waals surface area contributed by atoms with Crippen LogP contribution in [0, 0.1) is 0 Å². The molecule has 0 unspecified atom stereocenters. The lowest BCUT2D eigenvalue weighted by atomic mass is 9.87. The molecule has 0 bridgehead atoms. The van der Waals surface area contributed by atoms with E-state index in [9.17, 15) is 0 Å². The molecule has 0 spiro atoms. The molecule has 1 nitrogen and oxygen atoms in total. The maximum Gasteiger partial charge on any atom is 0.151 e. The minimum Gasteiger partial charge on any atom is -0.230 e. The molecule has 0 radical (unpaired) electrons. The molecule has 0 atom stereocenters. The van der Waals surface area contributed by atoms with E-state index in [1.54, 1.807) is 11.3 Å². The van der Waals surface area contributed by atoms with Crippen LogP contribution in [-0.4, -0.2) is 10.2 Å². The maximum atomic E-state index is 4.71. The quantitative estimate of drug-likeness (QED) is 0.701. The minimum atomic E-state index is 0.198. The summed E-state index contributed by atoms with van der Waals surface area (Å²) in [5, 5.41) is 0.595. The minimum absolute atomic E-state index is 0.198. The molecule has 3 heteroatoms. The van der Waals surface area contributed by atoms with E-state index in [-0.39, 0.29) is 5.41 Å². The number of thiazole rings is 1. The van der Waals surface area contributed by atoms with Crippen LogP contribution in [0.2, 0.25) is 0 Å². The van der Waals surface area contributed by atoms with Crippen molar-refractivity contribution >= 4 is 33.3 Å². The SMILES string of the molecule is CC(C)Sc1nc2cc(C(C)(C)C)ccc2s1. The zero-order valence-electron chi connectivity index (χ0n) is 11.1. The summed E-state index contributed by atoms with van der Waals surface area (Å²) in [5.41, 5.74) is 2.70. The Hall–Kier alpha value is -0.540. The average Bonchev–Trinajstić information content (AvgIpc) is 2.55. The highest BCUT2D eigenvalue weighted by molar-refractivity contribution is 8.01. The number of benzene rings is 1. The zero-order chi connectivity index (χ0) is 12.6. The third-order valence-electron chi connectivity index (χ3n) is 2.57. The van der Waals surface area contributed by atoms with Crippen LogP contribution >= 0.6 is 23.1 Å². The van der Waals surface area contributed by atoms with Gasteiger partial charge in [-0.25, -0.2) is 4.98 Å². The standard InChI is InChI=1S/C14H19NS2/c1-9(2)16-13-15-11-8-10(14(3,4)5)6-7-12(11)17-13/h6-9H,1-5H3. The van der Waals surface area contributed by atoms with Crippen molar-refractivity contribution in [1.82, 2.24) is 4.98 Å². The van der Waals surface area contributed by atoms with E-state index in [4.69, 9.17) is 4.98 Å². The van der Waals surface area contributed by atoms with Crippen molar-refractivity contribution in [2.45, 2.75) is 49.6 Å². The number of nitrogens with zero attached hydrogens (tertiary/aromatic N) is 1. The van der Waals surface area contributed by atoms with Crippen molar-refractivity contribution in [3.8, 4) is 0 Å². The Morgan fingerprint density at radius 2 is 1.94 bits per heavy atom. The highest BCUT2D eigenvalue weighted by Gasteiger charge is 2.15. The highest BCUT2D eigenvalue weighted by atomic mass is 32.2. The van der Waals surface area contributed by atoms with Crippen LogP contribution < -0.4 is 0 Å². The van der Waals surface area contributed by atoms with Crippen molar-refractivity contribution < 1.29 is 0 Å². The van der Waals surface area contributed by atoms with Crippen LogP contribution in [0.3, 0.4) is 0 Å². The van der Waals surface area contributed by atoms with Crippen LogP contribution in [-0.2, 0) is 5.41 Å². The Morgan fingerprint density at radius 1 is 1.24 bits per heavy atom. The lowest BCUT2D eigenvalue weighted by Crippen LogP contribution is -2.10. The molecule has 17 heavy (non-hydrogen) atoms. The van der Waals surface area contributed by atoms with Gasteiger partial charge in [-0.1, -0.05) is 52.4 Å². The van der Waals surface area contributed by atoms with Crippen molar-refractivity contribution in [3.63, 3.8) is 0 Å². The predicted molar refractivity (Wildman–Crippen MR) is 79.3 cm³/mol. The smallest absolute Gasteiger partial charge is 0.151 e. The summed E-state index contributed by atoms with van der Waals surface area (Å²) in [6.45, 7) is 11.1. The van der Waals surface area contributed by atoms with Gasteiger partial charge in [0, 0.05) is 5.25 Å². The molecule has 0 aliphatic heterocycles. The second-order valence-electron chi connectivity index (χ2n) is 5.58. The molecule has 0 saturated heterocycles. The molecular weight excluding hydrogens is 246 g/mol. The number of hydrogen-bond donors (Lipinski definition) is 0. The van der Waals surface area contributed by atoms with Crippen molar-refractivity contribution in [2.75, 3.05) is 0 Å². The van der Waals surface area contributed by atoms with Gasteiger partial charge >= 0.3 is 0 Å². The van der Waals surface area contributed by atoms with Gasteiger partial charge in [-0.2, -0.15) is 0 Å². The lowest BCUT2D eigenvalue weighted by Gasteiger charge is -2.18. The molecule has 2 aromatic rings. The monoisotopic (exact) mass is 265 g/mol. The van der Waals surface area contributed by atoms with Crippen molar-refractivity contribution in [1.29, 1.82) is 0 Å². The van der Waals surface area contributed by atoms with E-state index in [1.165, 1.54) is 14.6 Å². The normalized spacial score (nSPS) is 12.6. The molecule has 0 N–H and O–H groups in total. The Bertz CT molecular complexity index is 520. The van der Waals surface area contributed by atoms with Crippen LogP contribution in [0.1, 0.15) is 40.2 Å². The number of hydrogen-bond acceptors (Lipinski definition) is 3. The van der Waals surface area contributed by atoms with Gasteiger partial charge in [-0.05, 0) is 23.1 Å². The van der Waals surface area contributed by atoms with Gasteiger partial charge < -0.3 is 0 Å². The predicted octanol–water partition coefficient (Wildman–Crippen LogP) is 5.09. The van der Waals surface area contributed by atoms with E-state index in [0.29, 0.717) is 5.25 Å². The van der Waals surface area contributed by atoms with Gasteiger partial charge in [0.15, 0.2) is 4.34 Å². The second-order valence-corrected chi connectivity index (χ2v) is 8.43. The third kappa shape index (κ3) is 3.02. The van der Waals surface area contributed by atoms with Crippen LogP contribution in [0.15, 0.2) is 22.5 Å². The van der Waals surface area contributed by atoms with E-state index in [0.717, 1.165) is 5.52 Å². The number of thioether (sulfide) groups is 1. The molecule has 0 aliphatic carbocycles. The first kappa shape index (κ1) is 12.9. The topological polar surface area (TPSA) is 12.9 Å². The summed E-state index contributed by atoms with van der Waals surface area (Å²) >= 11 is 3.64. The first-order valence-corrected chi connectivity index (χ1v) is 7.63. The molecule has 0 aliphatic rings. The molecule has 0 amide bonds. The fraction of sp³-hybridized carbons (Fsp3) is 0.500. The van der Waals surface area contributed by atoms with E-state index in [2.05, 4.69) is 52.8 Å². The fourth-order valence-corrected chi connectivity index (χ4v) is 3.90. The molecular formula is C14H19NS2. The summed E-state index contributed by atoms with van der Waals surface area (Å²) in [6.07, 6.45) is 0. The largest absolute Gasteiger partial charge is 0.230 e. The second kappa shape index (κ2) is 4.62. The molecule has 1 aromatic heterocycles. The summed E-state index contributed by atoms with van der Waals surface area (Å²) < 4.78 is 2.47. The fourth-order valence-electron chi connectivity index (χ4n) is 1.62. The summed E-state index contributed by atoms with van der Waals surface area (Å²) in [6, 6.07) is 6.67. The zero-order valence-corrected chi connectivity index (χ0v) is 12.7. The molecule has 1 aromatic carbocycles. The van der Waals surface area contributed by atoms with Crippen LogP contribution in [0.5, 0.6) is 0 Å².